The maximum Gasteiger partial charge on any atom is 0.243 e. The van der Waals surface area contributed by atoms with Gasteiger partial charge in [-0.1, -0.05) is 24.6 Å². The number of benzene rings is 1. The Morgan fingerprint density at radius 3 is 2.82 bits per heavy atom. The topological polar surface area (TPSA) is 124 Å². The van der Waals surface area contributed by atoms with Crippen molar-refractivity contribution in [1.29, 1.82) is 5.26 Å². The molecule has 2 N–H and O–H groups in total. The van der Waals surface area contributed by atoms with Gasteiger partial charge in [-0.15, -0.1) is 0 Å². The van der Waals surface area contributed by atoms with Crippen molar-refractivity contribution in [2.24, 2.45) is 5.92 Å². The van der Waals surface area contributed by atoms with Gasteiger partial charge in [0.25, 0.3) is 0 Å². The molecule has 11 heteroatoms. The van der Waals surface area contributed by atoms with E-state index in [2.05, 4.69) is 27.9 Å². The van der Waals surface area contributed by atoms with Gasteiger partial charge < -0.3 is 9.47 Å². The summed E-state index contributed by atoms with van der Waals surface area (Å²) in [5.74, 6) is 0.274. The minimum atomic E-state index is -4.08. The van der Waals surface area contributed by atoms with E-state index in [9.17, 15) is 18.5 Å². The van der Waals surface area contributed by atoms with Crippen molar-refractivity contribution >= 4 is 38.4 Å². The van der Waals surface area contributed by atoms with Crippen molar-refractivity contribution in [3.63, 3.8) is 0 Å². The lowest BCUT2D eigenvalue weighted by molar-refractivity contribution is -0.134. The number of aromatic amines is 1. The Kier molecular flexibility index (Phi) is 6.74. The highest BCUT2D eigenvalue weighted by molar-refractivity contribution is 7.89. The summed E-state index contributed by atoms with van der Waals surface area (Å²) >= 11 is 6.05. The molecular weight excluding hydrogens is 464 g/mol. The molecule has 0 radical (unpaired) electrons. The molecule has 2 aromatic heterocycles. The molecule has 174 valence electrons. The molecule has 1 amide bonds. The molecule has 1 aliphatic rings. The summed E-state index contributed by atoms with van der Waals surface area (Å²) in [4.78, 5) is 15.1. The quantitative estimate of drug-likeness (QED) is 0.529. The first kappa shape index (κ1) is 23.3. The van der Waals surface area contributed by atoms with Gasteiger partial charge in [-0.2, -0.15) is 15.1 Å². The first-order valence-corrected chi connectivity index (χ1v) is 12.6. The number of nitriles is 1. The number of hydrogen-bond donors (Lipinski definition) is 2. The van der Waals surface area contributed by atoms with Crippen LogP contribution in [-0.4, -0.2) is 53.1 Å². The number of likely N-dealkylation sites (tertiary alicyclic amines) is 1. The number of piperidine rings is 1. The fourth-order valence-corrected chi connectivity index (χ4v) is 5.72. The Balaban J connectivity index is 1.61. The monoisotopic (exact) mass is 488 g/mol. The lowest BCUT2D eigenvalue weighted by Gasteiger charge is -2.33. The summed E-state index contributed by atoms with van der Waals surface area (Å²) in [5.41, 5.74) is 0.734. The van der Waals surface area contributed by atoms with Gasteiger partial charge in [0.05, 0.1) is 5.52 Å². The van der Waals surface area contributed by atoms with Crippen LogP contribution >= 0.6 is 11.6 Å². The standard InChI is InChI=1S/C22H25ClN6O3S/c1-15-7-11-29(12-8-15)22(30)18(9-13-28-10-3-4-16(28)14-24)27-33(31,32)19-6-2-5-17-20(19)25-26-21(17)23/h2-6,10,15,18,27H,7-9,11-13H2,1H3,(H,25,26). The van der Waals surface area contributed by atoms with E-state index < -0.39 is 16.1 Å². The van der Waals surface area contributed by atoms with Crippen LogP contribution in [-0.2, 0) is 21.4 Å². The number of carbonyl (C=O) groups is 1. The molecule has 1 unspecified atom stereocenters. The van der Waals surface area contributed by atoms with E-state index in [1.54, 1.807) is 39.9 Å². The summed E-state index contributed by atoms with van der Waals surface area (Å²) in [6.07, 6.45) is 3.71. The highest BCUT2D eigenvalue weighted by atomic mass is 35.5. The van der Waals surface area contributed by atoms with E-state index >= 15 is 0 Å². The summed E-state index contributed by atoms with van der Waals surface area (Å²) in [5, 5.41) is 16.5. The number of aryl methyl sites for hydroxylation is 1. The molecule has 0 aliphatic carbocycles. The number of hydrogen-bond acceptors (Lipinski definition) is 5. The van der Waals surface area contributed by atoms with Gasteiger partial charge in [0.2, 0.25) is 15.9 Å². The van der Waals surface area contributed by atoms with Gasteiger partial charge >= 0.3 is 0 Å². The SMILES string of the molecule is CC1CCN(C(=O)C(CCn2cccc2C#N)NS(=O)(=O)c2cccc3c(Cl)n[nH]c23)CC1. The van der Waals surface area contributed by atoms with Crippen molar-refractivity contribution in [2.75, 3.05) is 13.1 Å². The van der Waals surface area contributed by atoms with E-state index in [0.717, 1.165) is 12.8 Å². The van der Waals surface area contributed by atoms with Crippen LogP contribution in [0.5, 0.6) is 0 Å². The second-order valence-electron chi connectivity index (χ2n) is 8.36. The third-order valence-electron chi connectivity index (χ3n) is 6.10. The zero-order valence-electron chi connectivity index (χ0n) is 18.2. The third kappa shape index (κ3) is 4.90. The predicted molar refractivity (Wildman–Crippen MR) is 124 cm³/mol. The molecule has 1 saturated heterocycles. The molecule has 0 bridgehead atoms. The second-order valence-corrected chi connectivity index (χ2v) is 10.4. The van der Waals surface area contributed by atoms with Crippen LogP contribution < -0.4 is 4.72 Å². The number of halogens is 1. The van der Waals surface area contributed by atoms with Gasteiger partial charge in [-0.25, -0.2) is 8.42 Å². The van der Waals surface area contributed by atoms with Gasteiger partial charge in [0.15, 0.2) is 5.15 Å². The maximum atomic E-state index is 13.4. The Morgan fingerprint density at radius 1 is 1.33 bits per heavy atom. The lowest BCUT2D eigenvalue weighted by atomic mass is 9.98. The lowest BCUT2D eigenvalue weighted by Crippen LogP contribution is -2.50. The van der Waals surface area contributed by atoms with Gasteiger partial charge in [-0.05, 0) is 49.4 Å². The van der Waals surface area contributed by atoms with Crippen LogP contribution in [0.4, 0.5) is 0 Å². The number of carbonyl (C=O) groups excluding carboxylic acids is 1. The molecular formula is C22H25ClN6O3S. The van der Waals surface area contributed by atoms with E-state index in [1.165, 1.54) is 6.07 Å². The van der Waals surface area contributed by atoms with Crippen LogP contribution in [0.15, 0.2) is 41.4 Å². The third-order valence-corrected chi connectivity index (χ3v) is 7.90. The minimum absolute atomic E-state index is 0.0249. The normalized spacial score (nSPS) is 16.1. The first-order valence-electron chi connectivity index (χ1n) is 10.8. The van der Waals surface area contributed by atoms with E-state index in [0.29, 0.717) is 36.6 Å². The molecule has 3 aromatic rings. The molecule has 4 rings (SSSR count). The molecule has 0 spiro atoms. The summed E-state index contributed by atoms with van der Waals surface area (Å²) in [6.45, 7) is 3.65. The van der Waals surface area contributed by atoms with E-state index in [4.69, 9.17) is 11.6 Å². The fourth-order valence-electron chi connectivity index (χ4n) is 4.12. The number of fused-ring (bicyclic) bond motifs is 1. The van der Waals surface area contributed by atoms with Crippen LogP contribution in [0, 0.1) is 17.2 Å². The van der Waals surface area contributed by atoms with Gasteiger partial charge in [0, 0.05) is 31.2 Å². The van der Waals surface area contributed by atoms with Crippen LogP contribution in [0.2, 0.25) is 5.15 Å². The average Bonchev–Trinajstić information content (AvgIpc) is 3.42. The summed E-state index contributed by atoms with van der Waals surface area (Å²) < 4.78 is 31.0. The van der Waals surface area contributed by atoms with Crippen molar-refractivity contribution in [2.45, 2.75) is 43.7 Å². The highest BCUT2D eigenvalue weighted by Gasteiger charge is 2.32. The van der Waals surface area contributed by atoms with Crippen molar-refractivity contribution in [3.8, 4) is 6.07 Å². The highest BCUT2D eigenvalue weighted by Crippen LogP contribution is 2.26. The number of rotatable bonds is 7. The molecule has 1 fully saturated rings. The van der Waals surface area contributed by atoms with Gasteiger partial charge in [0.1, 0.15) is 22.7 Å². The number of sulfonamides is 1. The molecule has 1 aliphatic heterocycles. The Hall–Kier alpha value is -2.87. The zero-order chi connectivity index (χ0) is 23.6. The summed E-state index contributed by atoms with van der Waals surface area (Å²) in [6, 6.07) is 9.24. The summed E-state index contributed by atoms with van der Waals surface area (Å²) in [7, 11) is -4.08. The van der Waals surface area contributed by atoms with E-state index in [1.807, 2.05) is 0 Å². The Bertz CT molecular complexity index is 1300. The molecule has 0 saturated carbocycles. The Labute approximate surface area is 197 Å². The molecule has 3 heterocycles. The Morgan fingerprint density at radius 2 is 2.09 bits per heavy atom. The van der Waals surface area contributed by atoms with Crippen LogP contribution in [0.25, 0.3) is 10.9 Å². The zero-order valence-corrected chi connectivity index (χ0v) is 19.7. The molecule has 33 heavy (non-hydrogen) atoms. The average molecular weight is 489 g/mol. The first-order chi connectivity index (χ1) is 15.8. The number of aromatic nitrogens is 3. The van der Waals surface area contributed by atoms with Crippen LogP contribution in [0.1, 0.15) is 31.9 Å². The minimum Gasteiger partial charge on any atom is -0.341 e. The van der Waals surface area contributed by atoms with E-state index in [-0.39, 0.29) is 27.9 Å². The molecule has 1 atom stereocenters. The number of nitrogens with zero attached hydrogens (tertiary/aromatic N) is 4. The van der Waals surface area contributed by atoms with Gasteiger partial charge in [-0.3, -0.25) is 9.89 Å². The second kappa shape index (κ2) is 9.55. The molecule has 9 nitrogen and oxygen atoms in total. The number of H-pyrrole nitrogens is 1. The van der Waals surface area contributed by atoms with Crippen LogP contribution in [0.3, 0.4) is 0 Å². The van der Waals surface area contributed by atoms with Crippen molar-refractivity contribution in [3.05, 3.63) is 47.4 Å². The molecule has 1 aromatic carbocycles. The number of nitrogens with one attached hydrogen (secondary N) is 2. The largest absolute Gasteiger partial charge is 0.341 e. The smallest absolute Gasteiger partial charge is 0.243 e. The van der Waals surface area contributed by atoms with Crippen molar-refractivity contribution < 1.29 is 13.2 Å². The number of para-hydroxylation sites is 1. The number of amides is 1. The predicted octanol–water partition coefficient (Wildman–Crippen LogP) is 2.89. The fraction of sp³-hybridized carbons (Fsp3) is 0.409. The van der Waals surface area contributed by atoms with Crippen molar-refractivity contribution in [1.82, 2.24) is 24.4 Å². The maximum absolute atomic E-state index is 13.4.